The number of hydrogen-bond acceptors (Lipinski definition) is 1. The molecular weight excluding hydrogens is 140 g/mol. The lowest BCUT2D eigenvalue weighted by molar-refractivity contribution is 0.951. The Morgan fingerprint density at radius 2 is 1.80 bits per heavy atom. The highest BCUT2D eigenvalue weighted by atomic mass is 32.1. The Morgan fingerprint density at radius 3 is 2.10 bits per heavy atom. The van der Waals surface area contributed by atoms with E-state index in [9.17, 15) is 0 Å². The summed E-state index contributed by atoms with van der Waals surface area (Å²) in [6.45, 7) is 6.15. The van der Waals surface area contributed by atoms with Crippen molar-refractivity contribution in [2.75, 3.05) is 0 Å². The lowest BCUT2D eigenvalue weighted by atomic mass is 10.1. The van der Waals surface area contributed by atoms with Gasteiger partial charge < -0.3 is 0 Å². The van der Waals surface area contributed by atoms with Crippen molar-refractivity contribution in [1.82, 2.24) is 0 Å². The van der Waals surface area contributed by atoms with Gasteiger partial charge in [-0.1, -0.05) is 31.6 Å². The second-order valence-corrected chi connectivity index (χ2v) is 2.75. The van der Waals surface area contributed by atoms with Gasteiger partial charge >= 0.3 is 0 Å². The molecule has 0 aromatic carbocycles. The summed E-state index contributed by atoms with van der Waals surface area (Å²) >= 11 is 4.22. The zero-order valence-electron chi connectivity index (χ0n) is 7.02. The molecule has 0 heterocycles. The molecule has 0 unspecified atom stereocenters. The largest absolute Gasteiger partial charge is 0.148 e. The zero-order chi connectivity index (χ0) is 7.98. The van der Waals surface area contributed by atoms with E-state index in [2.05, 4.69) is 31.7 Å². The van der Waals surface area contributed by atoms with Crippen LogP contribution in [0.5, 0.6) is 0 Å². The maximum Gasteiger partial charge on any atom is -0.0181 e. The summed E-state index contributed by atoms with van der Waals surface area (Å²) in [6, 6.07) is 0. The van der Waals surface area contributed by atoms with Gasteiger partial charge in [0.25, 0.3) is 0 Å². The molecule has 0 atom stereocenters. The summed E-state index contributed by atoms with van der Waals surface area (Å²) < 4.78 is 0. The van der Waals surface area contributed by atoms with Crippen LogP contribution in [0.15, 0.2) is 22.6 Å². The maximum atomic E-state index is 4.22. The molecule has 0 aliphatic heterocycles. The Hall–Kier alpha value is -0.170. The third-order valence-corrected chi connectivity index (χ3v) is 1.71. The molecule has 0 amide bonds. The van der Waals surface area contributed by atoms with Crippen molar-refractivity contribution in [3.8, 4) is 0 Å². The van der Waals surface area contributed by atoms with Gasteiger partial charge in [-0.25, -0.2) is 0 Å². The van der Waals surface area contributed by atoms with E-state index in [0.717, 1.165) is 6.42 Å². The van der Waals surface area contributed by atoms with Crippen LogP contribution in [0.1, 0.15) is 33.6 Å². The van der Waals surface area contributed by atoms with Crippen molar-refractivity contribution in [3.05, 3.63) is 22.6 Å². The minimum atomic E-state index is 1.13. The van der Waals surface area contributed by atoms with Gasteiger partial charge in [0.1, 0.15) is 0 Å². The summed E-state index contributed by atoms with van der Waals surface area (Å²) in [6.07, 6.45) is 6.52. The highest BCUT2D eigenvalue weighted by Crippen LogP contribution is 2.19. The fourth-order valence-electron chi connectivity index (χ4n) is 0.730. The highest BCUT2D eigenvalue weighted by molar-refractivity contribution is 7.84. The van der Waals surface area contributed by atoms with Crippen molar-refractivity contribution in [1.29, 1.82) is 0 Å². The van der Waals surface area contributed by atoms with Gasteiger partial charge in [0.2, 0.25) is 0 Å². The molecule has 0 spiro atoms. The second-order valence-electron chi connectivity index (χ2n) is 2.17. The summed E-state index contributed by atoms with van der Waals surface area (Å²) in [5.74, 6) is 0. The highest BCUT2D eigenvalue weighted by Gasteiger charge is 1.96. The molecule has 0 bridgehead atoms. The van der Waals surface area contributed by atoms with Crippen LogP contribution in [0.2, 0.25) is 0 Å². The van der Waals surface area contributed by atoms with Crippen molar-refractivity contribution in [3.63, 3.8) is 0 Å². The first-order chi connectivity index (χ1) is 4.79. The molecule has 0 saturated carbocycles. The van der Waals surface area contributed by atoms with Crippen LogP contribution in [0.4, 0.5) is 0 Å². The molecule has 1 aliphatic rings. The van der Waals surface area contributed by atoms with Crippen LogP contribution in [-0.4, -0.2) is 0 Å². The fourth-order valence-corrected chi connectivity index (χ4v) is 0.917. The van der Waals surface area contributed by atoms with E-state index in [1.54, 1.807) is 0 Å². The topological polar surface area (TPSA) is 0 Å². The van der Waals surface area contributed by atoms with Gasteiger partial charge in [0, 0.05) is 0 Å². The van der Waals surface area contributed by atoms with Crippen LogP contribution in [0.3, 0.4) is 0 Å². The number of rotatable bonds is 0. The van der Waals surface area contributed by atoms with Gasteiger partial charge in [0.05, 0.1) is 0 Å². The van der Waals surface area contributed by atoms with Crippen molar-refractivity contribution >= 4 is 12.6 Å². The molecule has 0 aromatic rings. The first-order valence-electron chi connectivity index (χ1n) is 3.84. The third kappa shape index (κ3) is 3.78. The van der Waals surface area contributed by atoms with Gasteiger partial charge in [0.15, 0.2) is 0 Å². The first kappa shape index (κ1) is 9.83. The lowest BCUT2D eigenvalue weighted by Crippen LogP contribution is -1.83. The molecule has 0 radical (unpaired) electrons. The monoisotopic (exact) mass is 156 g/mol. The van der Waals surface area contributed by atoms with Crippen LogP contribution in [0, 0.1) is 0 Å². The summed E-state index contributed by atoms with van der Waals surface area (Å²) in [5.41, 5.74) is 1.46. The molecule has 0 nitrogen and oxygen atoms in total. The van der Waals surface area contributed by atoms with E-state index in [4.69, 9.17) is 0 Å². The Bertz CT molecular complexity index is 125. The van der Waals surface area contributed by atoms with E-state index >= 15 is 0 Å². The predicted molar refractivity (Wildman–Crippen MR) is 51.4 cm³/mol. The van der Waals surface area contributed by atoms with Crippen LogP contribution in [0.25, 0.3) is 0 Å². The molecule has 58 valence electrons. The smallest absolute Gasteiger partial charge is 0.0181 e. The van der Waals surface area contributed by atoms with Gasteiger partial charge in [-0.05, 0) is 24.7 Å². The zero-order valence-corrected chi connectivity index (χ0v) is 7.91. The fraction of sp³-hybridized carbons (Fsp3) is 0.556. The molecule has 1 aliphatic carbocycles. The predicted octanol–water partition coefficient (Wildman–Crippen LogP) is 3.57. The molecule has 1 rings (SSSR count). The Kier molecular flexibility index (Phi) is 5.51. The molecule has 0 fully saturated rings. The Balaban J connectivity index is 0.000000371. The SMILES string of the molecule is CC.CC1=CC=C(S)CC1. The summed E-state index contributed by atoms with van der Waals surface area (Å²) in [7, 11) is 0. The number of allylic oxidation sites excluding steroid dienone is 4. The average Bonchev–Trinajstić information content (AvgIpc) is 2.00. The van der Waals surface area contributed by atoms with E-state index in [-0.39, 0.29) is 0 Å². The van der Waals surface area contributed by atoms with Gasteiger partial charge in [-0.15, -0.1) is 12.6 Å². The molecule has 0 N–H and O–H groups in total. The molecule has 1 heteroatoms. The minimum absolute atomic E-state index is 1.13. The molecule has 10 heavy (non-hydrogen) atoms. The van der Waals surface area contributed by atoms with Crippen molar-refractivity contribution in [2.24, 2.45) is 0 Å². The molecule has 0 aromatic heterocycles. The van der Waals surface area contributed by atoms with E-state index in [1.165, 1.54) is 16.9 Å². The minimum Gasteiger partial charge on any atom is -0.148 e. The van der Waals surface area contributed by atoms with Crippen molar-refractivity contribution in [2.45, 2.75) is 33.6 Å². The van der Waals surface area contributed by atoms with E-state index in [0.29, 0.717) is 0 Å². The summed E-state index contributed by atoms with van der Waals surface area (Å²) in [5, 5.41) is 0. The lowest BCUT2D eigenvalue weighted by Gasteiger charge is -2.04. The van der Waals surface area contributed by atoms with Crippen LogP contribution in [-0.2, 0) is 0 Å². The Labute approximate surface area is 69.4 Å². The van der Waals surface area contributed by atoms with Gasteiger partial charge in [-0.2, -0.15) is 0 Å². The third-order valence-electron chi connectivity index (χ3n) is 1.34. The number of hydrogen-bond donors (Lipinski definition) is 1. The van der Waals surface area contributed by atoms with Gasteiger partial charge in [-0.3, -0.25) is 0 Å². The second kappa shape index (κ2) is 5.60. The quantitative estimate of drug-likeness (QED) is 0.509. The summed E-state index contributed by atoms with van der Waals surface area (Å²) in [4.78, 5) is 1.20. The van der Waals surface area contributed by atoms with Crippen molar-refractivity contribution < 1.29 is 0 Å². The average molecular weight is 156 g/mol. The first-order valence-corrected chi connectivity index (χ1v) is 4.29. The van der Waals surface area contributed by atoms with Crippen LogP contribution >= 0.6 is 12.6 Å². The van der Waals surface area contributed by atoms with E-state index in [1.807, 2.05) is 13.8 Å². The number of thiol groups is 1. The molecular formula is C9H16S. The normalized spacial score (nSPS) is 16.4. The molecule has 0 saturated heterocycles. The Morgan fingerprint density at radius 1 is 1.20 bits per heavy atom. The standard InChI is InChI=1S/C7H10S.C2H6/c1-6-2-4-7(8)5-3-6;1-2/h2,4,8H,3,5H2,1H3;1-2H3. The van der Waals surface area contributed by atoms with Crippen LogP contribution < -0.4 is 0 Å². The van der Waals surface area contributed by atoms with E-state index < -0.39 is 0 Å². The maximum absolute atomic E-state index is 4.22.